The van der Waals surface area contributed by atoms with Crippen molar-refractivity contribution in [2.45, 2.75) is 37.9 Å². The van der Waals surface area contributed by atoms with Crippen molar-refractivity contribution in [3.63, 3.8) is 0 Å². The number of benzene rings is 3. The molecular weight excluding hydrogens is 516 g/mol. The van der Waals surface area contributed by atoms with Gasteiger partial charge in [0.2, 0.25) is 5.75 Å². The molecule has 0 saturated heterocycles. The Labute approximate surface area is 235 Å². The van der Waals surface area contributed by atoms with Gasteiger partial charge < -0.3 is 28.6 Å². The Bertz CT molecular complexity index is 1210. The Morgan fingerprint density at radius 3 is 2.00 bits per heavy atom. The van der Waals surface area contributed by atoms with Crippen molar-refractivity contribution in [2.24, 2.45) is 0 Å². The molecule has 0 saturated carbocycles. The van der Waals surface area contributed by atoms with Crippen molar-refractivity contribution in [2.75, 3.05) is 54.7 Å². The van der Waals surface area contributed by atoms with E-state index in [2.05, 4.69) is 11.8 Å². The molecule has 1 unspecified atom stereocenters. The molecule has 1 atom stereocenters. The van der Waals surface area contributed by atoms with Crippen LogP contribution >= 0.6 is 0 Å². The zero-order valence-corrected chi connectivity index (χ0v) is 24.0. The maximum atomic E-state index is 13.6. The van der Waals surface area contributed by atoms with Crippen LogP contribution in [-0.2, 0) is 21.5 Å². The lowest BCUT2D eigenvalue weighted by atomic mass is 9.80. The molecule has 1 heterocycles. The number of hydrogen-bond acceptors (Lipinski definition) is 6. The average molecular weight is 556 g/mol. The van der Waals surface area contributed by atoms with Gasteiger partial charge in [0.1, 0.15) is 17.7 Å². The van der Waals surface area contributed by atoms with Crippen molar-refractivity contribution >= 4 is 0 Å². The summed E-state index contributed by atoms with van der Waals surface area (Å²) in [5, 5.41) is 0. The first-order valence-electron chi connectivity index (χ1n) is 13.6. The minimum absolute atomic E-state index is 0.314. The maximum Gasteiger partial charge on any atom is 0.203 e. The first-order chi connectivity index (χ1) is 19.4. The molecule has 0 N–H and O–H groups in total. The van der Waals surface area contributed by atoms with Crippen LogP contribution in [0.5, 0.6) is 17.2 Å². The molecule has 1 aliphatic heterocycles. The number of fused-ring (bicyclic) bond motifs is 1. The summed E-state index contributed by atoms with van der Waals surface area (Å²) in [7, 11) is 6.94. The minimum atomic E-state index is -0.529. The SMILES string of the molecule is CCC1(CCN(C)CCOC(c2ccc(F)cc2)c2ccc(F)cc2)OCCc2cc(OC)c(OC)c(OC)c21. The van der Waals surface area contributed by atoms with E-state index in [0.29, 0.717) is 37.0 Å². The van der Waals surface area contributed by atoms with Crippen molar-refractivity contribution in [3.8, 4) is 17.2 Å². The molecule has 3 aromatic carbocycles. The molecule has 0 aliphatic carbocycles. The summed E-state index contributed by atoms with van der Waals surface area (Å²) in [4.78, 5) is 2.20. The van der Waals surface area contributed by atoms with Crippen LogP contribution in [0.4, 0.5) is 8.78 Å². The molecule has 0 fully saturated rings. The molecule has 1 aliphatic rings. The van der Waals surface area contributed by atoms with Gasteiger partial charge in [0.05, 0.1) is 40.1 Å². The third-order valence-electron chi connectivity index (χ3n) is 7.69. The first kappa shape index (κ1) is 29.8. The highest BCUT2D eigenvalue weighted by Crippen LogP contribution is 2.51. The summed E-state index contributed by atoms with van der Waals surface area (Å²) in [6.45, 7) is 4.59. The van der Waals surface area contributed by atoms with Crippen molar-refractivity contribution in [1.82, 2.24) is 4.90 Å². The largest absolute Gasteiger partial charge is 0.493 e. The van der Waals surface area contributed by atoms with Gasteiger partial charge in [-0.15, -0.1) is 0 Å². The van der Waals surface area contributed by atoms with Gasteiger partial charge in [-0.3, -0.25) is 0 Å². The number of nitrogens with zero attached hydrogens (tertiary/aromatic N) is 1. The fourth-order valence-electron chi connectivity index (χ4n) is 5.45. The third kappa shape index (κ3) is 6.40. The summed E-state index contributed by atoms with van der Waals surface area (Å²) in [6.07, 6.45) is 1.86. The monoisotopic (exact) mass is 555 g/mol. The Balaban J connectivity index is 1.46. The summed E-state index contributed by atoms with van der Waals surface area (Å²) >= 11 is 0. The van der Waals surface area contributed by atoms with E-state index in [0.717, 1.165) is 48.1 Å². The van der Waals surface area contributed by atoms with Crippen molar-refractivity contribution < 1.29 is 32.5 Å². The number of rotatable bonds is 13. The smallest absolute Gasteiger partial charge is 0.203 e. The molecular formula is C32H39F2NO5. The highest BCUT2D eigenvalue weighted by atomic mass is 19.1. The topological polar surface area (TPSA) is 49.4 Å². The standard InChI is InChI=1S/C32H39F2NO5/c1-6-32(28-24(15-19-40-32)21-27(36-3)30(37-4)31(28)38-5)16-17-35(2)18-20-39-29(22-7-11-25(33)12-8-22)23-9-13-26(34)14-10-23/h7-14,21,29H,6,15-20H2,1-5H3. The second kappa shape index (κ2) is 13.4. The lowest BCUT2D eigenvalue weighted by Gasteiger charge is -2.41. The zero-order chi connectivity index (χ0) is 28.7. The molecule has 6 nitrogen and oxygen atoms in total. The normalized spacial score (nSPS) is 16.7. The predicted octanol–water partition coefficient (Wildman–Crippen LogP) is 6.30. The van der Waals surface area contributed by atoms with E-state index < -0.39 is 11.7 Å². The lowest BCUT2D eigenvalue weighted by molar-refractivity contribution is -0.0755. The molecule has 216 valence electrons. The summed E-state index contributed by atoms with van der Waals surface area (Å²) in [5.74, 6) is 1.25. The first-order valence-corrected chi connectivity index (χ1v) is 13.6. The average Bonchev–Trinajstić information content (AvgIpc) is 2.98. The Morgan fingerprint density at radius 2 is 1.48 bits per heavy atom. The van der Waals surface area contributed by atoms with Crippen LogP contribution in [0.15, 0.2) is 54.6 Å². The van der Waals surface area contributed by atoms with Crippen LogP contribution in [0, 0.1) is 11.6 Å². The fraction of sp³-hybridized carbons (Fsp3) is 0.438. The van der Waals surface area contributed by atoms with Gasteiger partial charge in [-0.1, -0.05) is 31.2 Å². The van der Waals surface area contributed by atoms with Crippen LogP contribution in [0.25, 0.3) is 0 Å². The van der Waals surface area contributed by atoms with Crippen LogP contribution in [-0.4, -0.2) is 59.6 Å². The van der Waals surface area contributed by atoms with Gasteiger partial charge in [0.25, 0.3) is 0 Å². The van der Waals surface area contributed by atoms with E-state index in [-0.39, 0.29) is 11.6 Å². The van der Waals surface area contributed by atoms with Gasteiger partial charge in [0, 0.05) is 18.7 Å². The molecule has 8 heteroatoms. The maximum absolute atomic E-state index is 13.6. The number of ether oxygens (including phenoxy) is 5. The number of likely N-dealkylation sites (N-methyl/N-ethyl adjacent to an activating group) is 1. The zero-order valence-electron chi connectivity index (χ0n) is 24.0. The molecule has 40 heavy (non-hydrogen) atoms. The van der Waals surface area contributed by atoms with Gasteiger partial charge in [-0.2, -0.15) is 0 Å². The van der Waals surface area contributed by atoms with Crippen LogP contribution in [0.3, 0.4) is 0 Å². The Kier molecular flexibility index (Phi) is 10.0. The highest BCUT2D eigenvalue weighted by Gasteiger charge is 2.41. The second-order valence-corrected chi connectivity index (χ2v) is 10.0. The highest BCUT2D eigenvalue weighted by molar-refractivity contribution is 5.61. The third-order valence-corrected chi connectivity index (χ3v) is 7.69. The van der Waals surface area contributed by atoms with Gasteiger partial charge in [-0.05, 0) is 73.3 Å². The van der Waals surface area contributed by atoms with Crippen LogP contribution < -0.4 is 14.2 Å². The fourth-order valence-corrected chi connectivity index (χ4v) is 5.45. The molecule has 3 aromatic rings. The molecule has 0 amide bonds. The van der Waals surface area contributed by atoms with E-state index >= 15 is 0 Å². The Morgan fingerprint density at radius 1 is 0.875 bits per heavy atom. The van der Waals surface area contributed by atoms with Crippen molar-refractivity contribution in [3.05, 3.63) is 88.5 Å². The van der Waals surface area contributed by atoms with Crippen molar-refractivity contribution in [1.29, 1.82) is 0 Å². The van der Waals surface area contributed by atoms with Gasteiger partial charge in [0.15, 0.2) is 11.5 Å². The Hall–Kier alpha value is -3.20. The summed E-state index contributed by atoms with van der Waals surface area (Å²) in [5.41, 5.74) is 3.26. The van der Waals surface area contributed by atoms with Crippen LogP contribution in [0.2, 0.25) is 0 Å². The van der Waals surface area contributed by atoms with Crippen LogP contribution in [0.1, 0.15) is 48.1 Å². The predicted molar refractivity (Wildman–Crippen MR) is 150 cm³/mol. The molecule has 0 radical (unpaired) electrons. The molecule has 0 bridgehead atoms. The van der Waals surface area contributed by atoms with E-state index in [1.54, 1.807) is 45.6 Å². The van der Waals surface area contributed by atoms with Gasteiger partial charge in [-0.25, -0.2) is 8.78 Å². The lowest BCUT2D eigenvalue weighted by Crippen LogP contribution is -2.39. The number of hydrogen-bond donors (Lipinski definition) is 0. The number of methoxy groups -OCH3 is 3. The minimum Gasteiger partial charge on any atom is -0.493 e. The van der Waals surface area contributed by atoms with E-state index in [4.69, 9.17) is 23.7 Å². The van der Waals surface area contributed by atoms with E-state index in [1.807, 2.05) is 13.1 Å². The quantitative estimate of drug-likeness (QED) is 0.247. The molecule has 4 rings (SSSR count). The second-order valence-electron chi connectivity index (χ2n) is 10.0. The molecule has 0 aromatic heterocycles. The number of halogens is 2. The summed E-state index contributed by atoms with van der Waals surface area (Å²) in [6, 6.07) is 14.5. The summed E-state index contributed by atoms with van der Waals surface area (Å²) < 4.78 is 57.0. The van der Waals surface area contributed by atoms with Gasteiger partial charge >= 0.3 is 0 Å². The molecule has 0 spiro atoms. The van der Waals surface area contributed by atoms with E-state index in [1.165, 1.54) is 24.3 Å². The van der Waals surface area contributed by atoms with E-state index in [9.17, 15) is 8.78 Å².